The van der Waals surface area contributed by atoms with Crippen molar-refractivity contribution in [2.24, 2.45) is 5.92 Å². The third kappa shape index (κ3) is 1.75. The van der Waals surface area contributed by atoms with Crippen molar-refractivity contribution < 1.29 is 9.53 Å². The summed E-state index contributed by atoms with van der Waals surface area (Å²) in [7, 11) is 1.65. The van der Waals surface area contributed by atoms with Crippen LogP contribution in [-0.4, -0.2) is 12.9 Å². The van der Waals surface area contributed by atoms with Crippen LogP contribution in [0.5, 0.6) is 5.75 Å². The molecule has 0 heterocycles. The molecule has 0 N–H and O–H groups in total. The molecule has 0 fully saturated rings. The van der Waals surface area contributed by atoms with Crippen molar-refractivity contribution >= 4 is 5.78 Å². The highest BCUT2D eigenvalue weighted by Crippen LogP contribution is 2.35. The lowest BCUT2D eigenvalue weighted by Crippen LogP contribution is -2.07. The van der Waals surface area contributed by atoms with Gasteiger partial charge in [-0.25, -0.2) is 0 Å². The number of carbonyl (C=O) groups excluding carboxylic acids is 1. The van der Waals surface area contributed by atoms with Crippen LogP contribution in [0.3, 0.4) is 0 Å². The number of benzene rings is 1. The van der Waals surface area contributed by atoms with E-state index in [2.05, 4.69) is 6.08 Å². The van der Waals surface area contributed by atoms with Crippen LogP contribution < -0.4 is 4.74 Å². The largest absolute Gasteiger partial charge is 0.496 e. The monoisotopic (exact) mass is 216 g/mol. The first-order valence-electron chi connectivity index (χ1n) is 5.59. The quantitative estimate of drug-likeness (QED) is 0.726. The Balaban J connectivity index is 2.30. The molecule has 0 aromatic heterocycles. The zero-order valence-corrected chi connectivity index (χ0v) is 9.69. The van der Waals surface area contributed by atoms with E-state index in [9.17, 15) is 4.79 Å². The van der Waals surface area contributed by atoms with Crippen LogP contribution >= 0.6 is 0 Å². The second-order valence-corrected chi connectivity index (χ2v) is 4.06. The molecule has 0 amide bonds. The Bertz CT molecular complexity index is 432. The highest BCUT2D eigenvalue weighted by atomic mass is 16.5. The Labute approximate surface area is 95.9 Å². The van der Waals surface area contributed by atoms with Gasteiger partial charge in [0.25, 0.3) is 0 Å². The van der Waals surface area contributed by atoms with E-state index in [-0.39, 0.29) is 11.7 Å². The Morgan fingerprint density at radius 3 is 3.00 bits per heavy atom. The maximum Gasteiger partial charge on any atom is 0.166 e. The maximum atomic E-state index is 12.1. The summed E-state index contributed by atoms with van der Waals surface area (Å²) in [6, 6.07) is 5.70. The highest BCUT2D eigenvalue weighted by Gasteiger charge is 2.31. The van der Waals surface area contributed by atoms with E-state index in [1.807, 2.05) is 31.2 Å². The summed E-state index contributed by atoms with van der Waals surface area (Å²) < 4.78 is 5.29. The fourth-order valence-corrected chi connectivity index (χ4v) is 2.25. The van der Waals surface area contributed by atoms with E-state index in [0.29, 0.717) is 0 Å². The van der Waals surface area contributed by atoms with Crippen molar-refractivity contribution in [1.29, 1.82) is 0 Å². The topological polar surface area (TPSA) is 26.3 Å². The molecule has 16 heavy (non-hydrogen) atoms. The smallest absolute Gasteiger partial charge is 0.166 e. The standard InChI is InChI=1S/C14H16O2/c1-3-4-6-10-9-12-11(14(10)15)7-5-8-13(12)16-2/h3-5,7-8,10H,6,9H2,1-2H3/b4-3+. The minimum atomic E-state index is 0.0995. The Kier molecular flexibility index (Phi) is 3.09. The van der Waals surface area contributed by atoms with Crippen LogP contribution in [0.2, 0.25) is 0 Å². The molecule has 2 rings (SSSR count). The molecule has 0 saturated carbocycles. The normalized spacial score (nSPS) is 19.1. The van der Waals surface area contributed by atoms with E-state index in [1.54, 1.807) is 7.11 Å². The van der Waals surface area contributed by atoms with E-state index in [4.69, 9.17) is 4.74 Å². The molecule has 1 atom stereocenters. The Hall–Kier alpha value is -1.57. The summed E-state index contributed by atoms with van der Waals surface area (Å²) >= 11 is 0. The molecule has 0 spiro atoms. The Morgan fingerprint density at radius 1 is 1.50 bits per heavy atom. The lowest BCUT2D eigenvalue weighted by Gasteiger charge is -2.05. The number of rotatable bonds is 3. The molecule has 0 radical (unpaired) electrons. The van der Waals surface area contributed by atoms with Gasteiger partial charge in [0.05, 0.1) is 7.11 Å². The number of carbonyl (C=O) groups is 1. The molecule has 0 bridgehead atoms. The number of fused-ring (bicyclic) bond motifs is 1. The lowest BCUT2D eigenvalue weighted by molar-refractivity contribution is 0.0938. The zero-order chi connectivity index (χ0) is 11.5. The zero-order valence-electron chi connectivity index (χ0n) is 9.69. The molecule has 1 aromatic carbocycles. The van der Waals surface area contributed by atoms with E-state index in [1.165, 1.54) is 0 Å². The molecule has 2 nitrogen and oxygen atoms in total. The van der Waals surface area contributed by atoms with E-state index >= 15 is 0 Å². The van der Waals surface area contributed by atoms with Gasteiger partial charge in [-0.2, -0.15) is 0 Å². The van der Waals surface area contributed by atoms with Gasteiger partial charge in [0.15, 0.2) is 5.78 Å². The van der Waals surface area contributed by atoms with Crippen molar-refractivity contribution in [2.75, 3.05) is 7.11 Å². The average molecular weight is 216 g/mol. The average Bonchev–Trinajstić information content (AvgIpc) is 2.64. The summed E-state index contributed by atoms with van der Waals surface area (Å²) in [6.45, 7) is 1.98. The number of hydrogen-bond donors (Lipinski definition) is 0. The van der Waals surface area contributed by atoms with Crippen molar-refractivity contribution in [3.05, 3.63) is 41.5 Å². The minimum absolute atomic E-state index is 0.0995. The molecule has 2 heteroatoms. The Morgan fingerprint density at radius 2 is 2.31 bits per heavy atom. The van der Waals surface area contributed by atoms with Crippen LogP contribution in [0.25, 0.3) is 0 Å². The summed E-state index contributed by atoms with van der Waals surface area (Å²) in [5.41, 5.74) is 1.92. The third-order valence-electron chi connectivity index (χ3n) is 3.10. The predicted molar refractivity (Wildman–Crippen MR) is 63.9 cm³/mol. The first-order chi connectivity index (χ1) is 7.77. The summed E-state index contributed by atoms with van der Waals surface area (Å²) in [5, 5.41) is 0. The SMILES string of the molecule is C/C=C/CC1Cc2c(OC)cccc2C1=O. The first-order valence-corrected chi connectivity index (χ1v) is 5.59. The van der Waals surface area contributed by atoms with Gasteiger partial charge in [-0.3, -0.25) is 4.79 Å². The second kappa shape index (κ2) is 4.52. The van der Waals surface area contributed by atoms with Crippen LogP contribution in [0.1, 0.15) is 29.3 Å². The molecule has 84 valence electrons. The summed E-state index contributed by atoms with van der Waals surface area (Å²) in [6.07, 6.45) is 5.68. The fourth-order valence-electron chi connectivity index (χ4n) is 2.25. The molecule has 1 unspecified atom stereocenters. The van der Waals surface area contributed by atoms with Crippen LogP contribution in [0.4, 0.5) is 0 Å². The predicted octanol–water partition coefficient (Wildman–Crippen LogP) is 3.02. The summed E-state index contributed by atoms with van der Waals surface area (Å²) in [4.78, 5) is 12.1. The molecular formula is C14H16O2. The van der Waals surface area contributed by atoms with Gasteiger partial charge in [0, 0.05) is 17.0 Å². The molecule has 1 aliphatic rings. The maximum absolute atomic E-state index is 12.1. The highest BCUT2D eigenvalue weighted by molar-refractivity contribution is 6.03. The molecule has 0 saturated heterocycles. The third-order valence-corrected chi connectivity index (χ3v) is 3.10. The van der Waals surface area contributed by atoms with Gasteiger partial charge in [0.2, 0.25) is 0 Å². The van der Waals surface area contributed by atoms with Gasteiger partial charge in [0.1, 0.15) is 5.75 Å². The first kappa shape index (κ1) is 10.9. The number of hydrogen-bond acceptors (Lipinski definition) is 2. The number of Topliss-reactive ketones (excluding diaryl/α,β-unsaturated/α-hetero) is 1. The van der Waals surface area contributed by atoms with Crippen molar-refractivity contribution in [3.8, 4) is 5.75 Å². The summed E-state index contributed by atoms with van der Waals surface area (Å²) in [5.74, 6) is 1.20. The molecule has 1 aliphatic carbocycles. The van der Waals surface area contributed by atoms with Crippen molar-refractivity contribution in [3.63, 3.8) is 0 Å². The fraction of sp³-hybridized carbons (Fsp3) is 0.357. The minimum Gasteiger partial charge on any atom is -0.496 e. The van der Waals surface area contributed by atoms with Crippen LogP contribution in [0, 0.1) is 5.92 Å². The molecule has 0 aliphatic heterocycles. The van der Waals surface area contributed by atoms with Gasteiger partial charge in [-0.15, -0.1) is 0 Å². The van der Waals surface area contributed by atoms with Crippen molar-refractivity contribution in [1.82, 2.24) is 0 Å². The van der Waals surface area contributed by atoms with Gasteiger partial charge < -0.3 is 4.74 Å². The van der Waals surface area contributed by atoms with Crippen LogP contribution in [-0.2, 0) is 6.42 Å². The van der Waals surface area contributed by atoms with Crippen molar-refractivity contribution in [2.45, 2.75) is 19.8 Å². The molecular weight excluding hydrogens is 200 g/mol. The van der Waals surface area contributed by atoms with E-state index in [0.717, 1.165) is 29.7 Å². The van der Waals surface area contributed by atoms with Crippen LogP contribution in [0.15, 0.2) is 30.4 Å². The number of methoxy groups -OCH3 is 1. The van der Waals surface area contributed by atoms with Gasteiger partial charge >= 0.3 is 0 Å². The number of ether oxygens (including phenoxy) is 1. The second-order valence-electron chi connectivity index (χ2n) is 4.06. The van der Waals surface area contributed by atoms with Gasteiger partial charge in [-0.1, -0.05) is 24.3 Å². The van der Waals surface area contributed by atoms with E-state index < -0.39 is 0 Å². The number of ketones is 1. The van der Waals surface area contributed by atoms with Gasteiger partial charge in [-0.05, 0) is 25.8 Å². The number of allylic oxidation sites excluding steroid dienone is 2. The lowest BCUT2D eigenvalue weighted by atomic mass is 10.0. The molecule has 1 aromatic rings.